The van der Waals surface area contributed by atoms with E-state index in [1.165, 1.54) is 7.05 Å². The molecule has 62 valence electrons. The summed E-state index contributed by atoms with van der Waals surface area (Å²) in [5.74, 6) is 0. The average Bonchev–Trinajstić information content (AvgIpc) is 1.89. The molecule has 0 aromatic heterocycles. The Morgan fingerprint density at radius 2 is 2.10 bits per heavy atom. The summed E-state index contributed by atoms with van der Waals surface area (Å²) in [6.45, 7) is 2.33. The lowest BCUT2D eigenvalue weighted by molar-refractivity contribution is 0.0384. The van der Waals surface area contributed by atoms with E-state index >= 15 is 0 Å². The van der Waals surface area contributed by atoms with Crippen LogP contribution in [0, 0.1) is 0 Å². The molecule has 0 saturated heterocycles. The van der Waals surface area contributed by atoms with Gasteiger partial charge in [-0.3, -0.25) is 0 Å². The van der Waals surface area contributed by atoms with E-state index in [0.29, 0.717) is 6.61 Å². The van der Waals surface area contributed by atoms with Crippen molar-refractivity contribution in [1.82, 2.24) is 5.32 Å². The Balaban J connectivity index is 3.40. The Labute approximate surface area is 59.6 Å². The van der Waals surface area contributed by atoms with Gasteiger partial charge >= 0.3 is 0 Å². The first-order valence-corrected chi connectivity index (χ1v) is 3.25. The third-order valence-corrected chi connectivity index (χ3v) is 1.18. The Morgan fingerprint density at radius 3 is 2.40 bits per heavy atom. The number of ether oxygens (including phenoxy) is 1. The summed E-state index contributed by atoms with van der Waals surface area (Å²) in [6.07, 6.45) is -2.35. The molecule has 0 aromatic carbocycles. The molecule has 2 nitrogen and oxygen atoms in total. The number of halogens is 2. The monoisotopic (exact) mass is 153 g/mol. The second-order valence-electron chi connectivity index (χ2n) is 1.89. The zero-order valence-corrected chi connectivity index (χ0v) is 6.23. The highest BCUT2D eigenvalue weighted by atomic mass is 19.3. The van der Waals surface area contributed by atoms with Gasteiger partial charge in [0, 0.05) is 6.61 Å². The predicted octanol–water partition coefficient (Wildman–Crippen LogP) is 0.876. The van der Waals surface area contributed by atoms with Gasteiger partial charge in [-0.2, -0.15) is 0 Å². The van der Waals surface area contributed by atoms with Crippen LogP contribution in [-0.4, -0.2) is 32.7 Å². The van der Waals surface area contributed by atoms with Crippen molar-refractivity contribution in [2.75, 3.05) is 20.3 Å². The number of rotatable bonds is 5. The van der Waals surface area contributed by atoms with Gasteiger partial charge in [-0.25, -0.2) is 8.78 Å². The molecule has 0 fully saturated rings. The molecule has 0 heterocycles. The summed E-state index contributed by atoms with van der Waals surface area (Å²) < 4.78 is 28.6. The molecule has 1 N–H and O–H groups in total. The van der Waals surface area contributed by atoms with Gasteiger partial charge in [0.25, 0.3) is 6.43 Å². The lowest BCUT2D eigenvalue weighted by Gasteiger charge is -2.13. The van der Waals surface area contributed by atoms with Crippen molar-refractivity contribution in [3.8, 4) is 0 Å². The lowest BCUT2D eigenvalue weighted by atomic mass is 10.3. The quantitative estimate of drug-likeness (QED) is 0.633. The van der Waals surface area contributed by atoms with Crippen molar-refractivity contribution in [2.45, 2.75) is 19.4 Å². The number of nitrogens with one attached hydrogen (secondary N) is 1. The van der Waals surface area contributed by atoms with Gasteiger partial charge in [0.15, 0.2) is 0 Å². The maximum Gasteiger partial charge on any atom is 0.255 e. The van der Waals surface area contributed by atoms with Crippen LogP contribution in [0.1, 0.15) is 6.92 Å². The first kappa shape index (κ1) is 9.78. The summed E-state index contributed by atoms with van der Waals surface area (Å²) in [6, 6.07) is -0.833. The van der Waals surface area contributed by atoms with Crippen LogP contribution in [0.15, 0.2) is 0 Å². The second-order valence-corrected chi connectivity index (χ2v) is 1.89. The summed E-state index contributed by atoms with van der Waals surface area (Å²) in [7, 11) is 1.50. The number of likely N-dealkylation sites (N-methyl/N-ethyl adjacent to an activating group) is 1. The molecule has 4 heteroatoms. The van der Waals surface area contributed by atoms with E-state index in [1.54, 1.807) is 6.92 Å². The van der Waals surface area contributed by atoms with Gasteiger partial charge < -0.3 is 10.1 Å². The van der Waals surface area contributed by atoms with Gasteiger partial charge in [0.05, 0.1) is 12.6 Å². The Kier molecular flexibility index (Phi) is 5.43. The molecule has 0 radical (unpaired) electrons. The van der Waals surface area contributed by atoms with E-state index in [0.717, 1.165) is 0 Å². The van der Waals surface area contributed by atoms with Crippen molar-refractivity contribution in [3.05, 3.63) is 0 Å². The van der Waals surface area contributed by atoms with E-state index in [4.69, 9.17) is 4.74 Å². The topological polar surface area (TPSA) is 21.3 Å². The van der Waals surface area contributed by atoms with Crippen molar-refractivity contribution in [2.24, 2.45) is 0 Å². The van der Waals surface area contributed by atoms with Gasteiger partial charge in [-0.15, -0.1) is 0 Å². The van der Waals surface area contributed by atoms with E-state index < -0.39 is 12.5 Å². The van der Waals surface area contributed by atoms with E-state index in [2.05, 4.69) is 5.32 Å². The van der Waals surface area contributed by atoms with Crippen LogP contribution in [0.4, 0.5) is 8.78 Å². The molecule has 0 aromatic rings. The highest BCUT2D eigenvalue weighted by Gasteiger charge is 2.17. The number of hydrogen-bond acceptors (Lipinski definition) is 2. The molecule has 0 aliphatic heterocycles. The fourth-order valence-corrected chi connectivity index (χ4v) is 0.527. The average molecular weight is 153 g/mol. The lowest BCUT2D eigenvalue weighted by Crippen LogP contribution is -2.37. The normalized spacial score (nSPS) is 14.1. The minimum absolute atomic E-state index is 0.0741. The molecule has 1 unspecified atom stereocenters. The standard InChI is InChI=1S/C6H13F2NO/c1-3-10-4-5(9-2)6(7)8/h5-6,9H,3-4H2,1-2H3. The zero-order chi connectivity index (χ0) is 7.98. The predicted molar refractivity (Wildman–Crippen MR) is 35.3 cm³/mol. The maximum absolute atomic E-state index is 11.9. The van der Waals surface area contributed by atoms with Crippen molar-refractivity contribution in [3.63, 3.8) is 0 Å². The molecule has 10 heavy (non-hydrogen) atoms. The van der Waals surface area contributed by atoms with Gasteiger partial charge in [0.1, 0.15) is 0 Å². The maximum atomic E-state index is 11.9. The number of alkyl halides is 2. The van der Waals surface area contributed by atoms with Crippen LogP contribution in [0.5, 0.6) is 0 Å². The van der Waals surface area contributed by atoms with Crippen LogP contribution in [0.25, 0.3) is 0 Å². The largest absolute Gasteiger partial charge is 0.380 e. The molecular formula is C6H13F2NO. The van der Waals surface area contributed by atoms with Gasteiger partial charge in [-0.05, 0) is 14.0 Å². The third kappa shape index (κ3) is 3.74. The minimum atomic E-state index is -2.35. The minimum Gasteiger partial charge on any atom is -0.380 e. The third-order valence-electron chi connectivity index (χ3n) is 1.18. The van der Waals surface area contributed by atoms with Crippen LogP contribution in [0.3, 0.4) is 0 Å². The van der Waals surface area contributed by atoms with Crippen molar-refractivity contribution >= 4 is 0 Å². The Hall–Kier alpha value is -0.220. The highest BCUT2D eigenvalue weighted by molar-refractivity contribution is 4.64. The first-order valence-electron chi connectivity index (χ1n) is 3.25. The Morgan fingerprint density at radius 1 is 1.50 bits per heavy atom. The SMILES string of the molecule is CCOCC(NC)C(F)F. The zero-order valence-electron chi connectivity index (χ0n) is 6.23. The van der Waals surface area contributed by atoms with Gasteiger partial charge in [-0.1, -0.05) is 0 Å². The summed E-state index contributed by atoms with van der Waals surface area (Å²) in [5, 5.41) is 2.46. The van der Waals surface area contributed by atoms with Crippen LogP contribution in [0.2, 0.25) is 0 Å². The molecule has 1 atom stereocenters. The molecule has 0 amide bonds. The molecule has 0 spiro atoms. The van der Waals surface area contributed by atoms with E-state index in [-0.39, 0.29) is 6.61 Å². The van der Waals surface area contributed by atoms with Crippen LogP contribution in [-0.2, 0) is 4.74 Å². The summed E-state index contributed by atoms with van der Waals surface area (Å²) >= 11 is 0. The fraction of sp³-hybridized carbons (Fsp3) is 1.00. The number of hydrogen-bond donors (Lipinski definition) is 1. The molecule has 0 aliphatic rings. The highest BCUT2D eigenvalue weighted by Crippen LogP contribution is 1.99. The van der Waals surface area contributed by atoms with E-state index in [9.17, 15) is 8.78 Å². The van der Waals surface area contributed by atoms with Crippen LogP contribution < -0.4 is 5.32 Å². The molecular weight excluding hydrogens is 140 g/mol. The van der Waals surface area contributed by atoms with Crippen LogP contribution >= 0.6 is 0 Å². The molecule has 0 aliphatic carbocycles. The summed E-state index contributed by atoms with van der Waals surface area (Å²) in [4.78, 5) is 0. The van der Waals surface area contributed by atoms with Crippen molar-refractivity contribution in [1.29, 1.82) is 0 Å². The molecule has 0 rings (SSSR count). The van der Waals surface area contributed by atoms with Crippen molar-refractivity contribution < 1.29 is 13.5 Å². The first-order chi connectivity index (χ1) is 4.72. The summed E-state index contributed by atoms with van der Waals surface area (Å²) in [5.41, 5.74) is 0. The molecule has 0 saturated carbocycles. The van der Waals surface area contributed by atoms with Gasteiger partial charge in [0.2, 0.25) is 0 Å². The van der Waals surface area contributed by atoms with E-state index in [1.807, 2.05) is 0 Å². The second kappa shape index (κ2) is 5.56. The Bertz CT molecular complexity index is 80.1. The molecule has 0 bridgehead atoms. The smallest absolute Gasteiger partial charge is 0.255 e. The fourth-order valence-electron chi connectivity index (χ4n) is 0.527.